The van der Waals surface area contributed by atoms with E-state index < -0.39 is 9.84 Å². The highest BCUT2D eigenvalue weighted by Crippen LogP contribution is 1.89. The number of sulfone groups is 1. The molecular weight excluding hydrogens is 140 g/mol. The second kappa shape index (κ2) is 2.64. The van der Waals surface area contributed by atoms with Gasteiger partial charge in [-0.15, -0.1) is 0 Å². The van der Waals surface area contributed by atoms with E-state index >= 15 is 0 Å². The summed E-state index contributed by atoms with van der Waals surface area (Å²) in [6.07, 6.45) is 0. The van der Waals surface area contributed by atoms with Crippen molar-refractivity contribution in [3.63, 3.8) is 0 Å². The fourth-order valence-electron chi connectivity index (χ4n) is 0.692. The van der Waals surface area contributed by atoms with Crippen LogP contribution in [0.1, 0.15) is 0 Å². The zero-order valence-electron chi connectivity index (χ0n) is 5.05. The lowest BCUT2D eigenvalue weighted by Gasteiger charge is -1.94. The molecule has 0 spiro atoms. The maximum Gasteiger partial charge on any atom is 0.152 e. The summed E-state index contributed by atoms with van der Waals surface area (Å²) in [6, 6.07) is 0. The molecule has 0 aromatic heterocycles. The normalized spacial score (nSPS) is 27.1. The van der Waals surface area contributed by atoms with Gasteiger partial charge in [-0.05, 0) is 0 Å². The van der Waals surface area contributed by atoms with Gasteiger partial charge in [-0.3, -0.25) is 10.9 Å². The van der Waals surface area contributed by atoms with Crippen molar-refractivity contribution in [1.82, 2.24) is 10.9 Å². The van der Waals surface area contributed by atoms with E-state index in [1.165, 1.54) is 0 Å². The minimum Gasteiger partial charge on any atom is -0.257 e. The van der Waals surface area contributed by atoms with Crippen LogP contribution in [-0.4, -0.2) is 33.0 Å². The molecule has 1 fully saturated rings. The Morgan fingerprint density at radius 1 is 1.00 bits per heavy atom. The van der Waals surface area contributed by atoms with Gasteiger partial charge in [-0.1, -0.05) is 0 Å². The van der Waals surface area contributed by atoms with Gasteiger partial charge in [0.15, 0.2) is 9.84 Å². The van der Waals surface area contributed by atoms with Crippen LogP contribution in [0.25, 0.3) is 0 Å². The molecular formula is C4H10N2O2S. The molecule has 0 aliphatic carbocycles. The van der Waals surface area contributed by atoms with Crippen LogP contribution < -0.4 is 10.9 Å². The third-order valence-electron chi connectivity index (χ3n) is 1.20. The van der Waals surface area contributed by atoms with Gasteiger partial charge in [0.25, 0.3) is 0 Å². The van der Waals surface area contributed by atoms with Gasteiger partial charge in [-0.2, -0.15) is 0 Å². The highest BCUT2D eigenvalue weighted by Gasteiger charge is 2.11. The smallest absolute Gasteiger partial charge is 0.152 e. The molecule has 54 valence electrons. The van der Waals surface area contributed by atoms with E-state index in [1.54, 1.807) is 0 Å². The van der Waals surface area contributed by atoms with Crippen LogP contribution in [-0.2, 0) is 9.84 Å². The van der Waals surface area contributed by atoms with Crippen LogP contribution >= 0.6 is 0 Å². The molecule has 1 aliphatic rings. The van der Waals surface area contributed by atoms with Crippen molar-refractivity contribution in [3.8, 4) is 0 Å². The van der Waals surface area contributed by atoms with Crippen molar-refractivity contribution in [2.24, 2.45) is 0 Å². The first-order chi connectivity index (χ1) is 4.21. The Balaban J connectivity index is 2.56. The Bertz CT molecular complexity index is 161. The van der Waals surface area contributed by atoms with E-state index in [-0.39, 0.29) is 11.5 Å². The summed E-state index contributed by atoms with van der Waals surface area (Å²) < 4.78 is 21.6. The van der Waals surface area contributed by atoms with Crippen LogP contribution in [0.2, 0.25) is 0 Å². The molecule has 1 heterocycles. The zero-order chi connectivity index (χ0) is 6.74. The molecule has 1 aliphatic heterocycles. The van der Waals surface area contributed by atoms with E-state index in [4.69, 9.17) is 0 Å². The lowest BCUT2D eigenvalue weighted by Crippen LogP contribution is -2.32. The number of nitrogens with one attached hydrogen (secondary N) is 2. The molecule has 1 saturated heterocycles. The van der Waals surface area contributed by atoms with Gasteiger partial charge in [0, 0.05) is 13.1 Å². The van der Waals surface area contributed by atoms with Crippen LogP contribution in [0.4, 0.5) is 0 Å². The van der Waals surface area contributed by atoms with Crippen LogP contribution in [0.5, 0.6) is 0 Å². The van der Waals surface area contributed by atoms with Gasteiger partial charge >= 0.3 is 0 Å². The molecule has 4 nitrogen and oxygen atoms in total. The molecule has 1 rings (SSSR count). The van der Waals surface area contributed by atoms with Gasteiger partial charge in [0.1, 0.15) is 0 Å². The Morgan fingerprint density at radius 3 is 1.89 bits per heavy atom. The molecule has 5 heteroatoms. The summed E-state index contributed by atoms with van der Waals surface area (Å²) >= 11 is 0. The molecule has 0 unspecified atom stereocenters. The largest absolute Gasteiger partial charge is 0.257 e. The monoisotopic (exact) mass is 150 g/mol. The summed E-state index contributed by atoms with van der Waals surface area (Å²) in [6.45, 7) is 1.03. The van der Waals surface area contributed by atoms with Gasteiger partial charge in [0.05, 0.1) is 11.5 Å². The van der Waals surface area contributed by atoms with Crippen molar-refractivity contribution >= 4 is 9.84 Å². The average molecular weight is 150 g/mol. The molecule has 0 aromatic rings. The maximum atomic E-state index is 10.8. The Hall–Kier alpha value is -0.130. The number of hydrazine groups is 1. The summed E-state index contributed by atoms with van der Waals surface area (Å²) in [5, 5.41) is 0. The maximum absolute atomic E-state index is 10.8. The van der Waals surface area contributed by atoms with E-state index in [0.717, 1.165) is 0 Å². The van der Waals surface area contributed by atoms with Crippen molar-refractivity contribution in [3.05, 3.63) is 0 Å². The first-order valence-electron chi connectivity index (χ1n) is 2.87. The van der Waals surface area contributed by atoms with Gasteiger partial charge in [-0.25, -0.2) is 8.42 Å². The quantitative estimate of drug-likeness (QED) is 0.441. The van der Waals surface area contributed by atoms with Crippen LogP contribution in [0.3, 0.4) is 0 Å². The third-order valence-corrected chi connectivity index (χ3v) is 2.85. The lowest BCUT2D eigenvalue weighted by atomic mass is 10.8. The molecule has 0 saturated carbocycles. The summed E-state index contributed by atoms with van der Waals surface area (Å²) in [5.41, 5.74) is 5.55. The van der Waals surface area contributed by atoms with Crippen molar-refractivity contribution in [1.29, 1.82) is 0 Å². The minimum absolute atomic E-state index is 0.250. The molecule has 0 bridgehead atoms. The summed E-state index contributed by atoms with van der Waals surface area (Å²) in [4.78, 5) is 0. The number of rotatable bonds is 0. The number of hydrogen-bond donors (Lipinski definition) is 2. The fourth-order valence-corrected chi connectivity index (χ4v) is 1.72. The van der Waals surface area contributed by atoms with Crippen molar-refractivity contribution in [2.75, 3.05) is 24.6 Å². The topological polar surface area (TPSA) is 58.2 Å². The zero-order valence-corrected chi connectivity index (χ0v) is 5.87. The molecule has 0 atom stereocenters. The first kappa shape index (κ1) is 6.98. The van der Waals surface area contributed by atoms with E-state index in [9.17, 15) is 8.42 Å². The second-order valence-corrected chi connectivity index (χ2v) is 4.31. The minimum atomic E-state index is -2.74. The third kappa shape index (κ3) is 2.30. The second-order valence-electron chi connectivity index (χ2n) is 2.01. The summed E-state index contributed by atoms with van der Waals surface area (Å²) in [7, 11) is -2.74. The highest BCUT2D eigenvalue weighted by atomic mass is 32.2. The standard InChI is InChI=1S/C4H10N2O2S/c7-9(8)3-1-5-6-2-4-9/h5-6H,1-4H2. The number of hydrogen-bond acceptors (Lipinski definition) is 4. The predicted molar refractivity (Wildman–Crippen MR) is 34.7 cm³/mol. The summed E-state index contributed by atoms with van der Waals surface area (Å²) in [5.74, 6) is 0.500. The van der Waals surface area contributed by atoms with E-state index in [0.29, 0.717) is 13.1 Å². The molecule has 9 heavy (non-hydrogen) atoms. The van der Waals surface area contributed by atoms with Crippen LogP contribution in [0.15, 0.2) is 0 Å². The molecule has 2 N–H and O–H groups in total. The van der Waals surface area contributed by atoms with Crippen LogP contribution in [0, 0.1) is 0 Å². The highest BCUT2D eigenvalue weighted by molar-refractivity contribution is 7.91. The van der Waals surface area contributed by atoms with Gasteiger partial charge < -0.3 is 0 Å². The van der Waals surface area contributed by atoms with Gasteiger partial charge in [0.2, 0.25) is 0 Å². The predicted octanol–water partition coefficient (Wildman–Crippen LogP) is -1.49. The average Bonchev–Trinajstić information content (AvgIpc) is 1.92. The Labute approximate surface area is 54.5 Å². The lowest BCUT2D eigenvalue weighted by molar-refractivity contribution is 0.587. The van der Waals surface area contributed by atoms with E-state index in [2.05, 4.69) is 10.9 Å². The molecule has 0 amide bonds. The van der Waals surface area contributed by atoms with Crippen molar-refractivity contribution in [2.45, 2.75) is 0 Å². The fraction of sp³-hybridized carbons (Fsp3) is 1.00. The van der Waals surface area contributed by atoms with E-state index in [1.807, 2.05) is 0 Å². The first-order valence-corrected chi connectivity index (χ1v) is 4.69. The SMILES string of the molecule is O=S1(=O)CCNNCC1. The van der Waals surface area contributed by atoms with Crippen molar-refractivity contribution < 1.29 is 8.42 Å². The Morgan fingerprint density at radius 2 is 1.44 bits per heavy atom. The molecule has 0 radical (unpaired) electrons. The Kier molecular flexibility index (Phi) is 2.05. The molecule has 0 aromatic carbocycles.